The first-order valence-corrected chi connectivity index (χ1v) is 7.66. The van der Waals surface area contributed by atoms with E-state index >= 15 is 0 Å². The van der Waals surface area contributed by atoms with Crippen LogP contribution in [0.4, 0.5) is 0 Å². The summed E-state index contributed by atoms with van der Waals surface area (Å²) in [7, 11) is 0. The molecule has 1 N–H and O–H groups in total. The van der Waals surface area contributed by atoms with Crippen LogP contribution in [0.2, 0.25) is 0 Å². The van der Waals surface area contributed by atoms with Gasteiger partial charge in [0, 0.05) is 5.38 Å². The molecule has 3 aromatic rings. The molecule has 0 aliphatic carbocycles. The molecular weight excluding hydrogens is 284 g/mol. The van der Waals surface area contributed by atoms with Gasteiger partial charge in [0.25, 0.3) is 0 Å². The number of aryl methyl sites for hydroxylation is 2. The highest BCUT2D eigenvalue weighted by molar-refractivity contribution is 7.12. The van der Waals surface area contributed by atoms with Gasteiger partial charge < -0.3 is 5.11 Å². The molecule has 6 heteroatoms. The molecule has 0 saturated heterocycles. The van der Waals surface area contributed by atoms with Crippen molar-refractivity contribution < 1.29 is 5.11 Å². The van der Waals surface area contributed by atoms with Crippen LogP contribution in [0.5, 0.6) is 0 Å². The molecule has 108 valence electrons. The van der Waals surface area contributed by atoms with Crippen molar-refractivity contribution in [2.45, 2.75) is 26.4 Å². The van der Waals surface area contributed by atoms with Gasteiger partial charge in [-0.3, -0.25) is 0 Å². The molecule has 5 nitrogen and oxygen atoms in total. The Morgan fingerprint density at radius 3 is 2.67 bits per heavy atom. The van der Waals surface area contributed by atoms with E-state index in [9.17, 15) is 5.11 Å². The molecule has 0 fully saturated rings. The third-order valence-electron chi connectivity index (χ3n) is 3.27. The summed E-state index contributed by atoms with van der Waals surface area (Å²) in [6.45, 7) is 1.85. The van der Waals surface area contributed by atoms with Crippen LogP contribution in [-0.2, 0) is 19.4 Å². The molecule has 0 aliphatic rings. The molecule has 0 radical (unpaired) electrons. The zero-order valence-electron chi connectivity index (χ0n) is 11.7. The summed E-state index contributed by atoms with van der Waals surface area (Å²) in [5.41, 5.74) is 3.77. The minimum atomic E-state index is -0.103. The third-order valence-corrected chi connectivity index (χ3v) is 4.21. The summed E-state index contributed by atoms with van der Waals surface area (Å²) >= 11 is 1.53. The second-order valence-electron chi connectivity index (χ2n) is 4.81. The van der Waals surface area contributed by atoms with Crippen LogP contribution in [-0.4, -0.2) is 25.1 Å². The SMILES string of the molecule is Cc1csc(-n2nnc(CO)c2CCc2ccccc2)n1. The Hall–Kier alpha value is -2.05. The van der Waals surface area contributed by atoms with E-state index in [0.29, 0.717) is 5.69 Å². The van der Waals surface area contributed by atoms with Gasteiger partial charge in [-0.15, -0.1) is 16.4 Å². The van der Waals surface area contributed by atoms with Crippen LogP contribution < -0.4 is 0 Å². The number of rotatable bonds is 5. The summed E-state index contributed by atoms with van der Waals surface area (Å²) in [6.07, 6.45) is 1.65. The Morgan fingerprint density at radius 2 is 2.00 bits per heavy atom. The number of hydrogen-bond acceptors (Lipinski definition) is 5. The zero-order valence-corrected chi connectivity index (χ0v) is 12.5. The fraction of sp³-hybridized carbons (Fsp3) is 0.267. The van der Waals surface area contributed by atoms with Gasteiger partial charge in [-0.2, -0.15) is 4.68 Å². The van der Waals surface area contributed by atoms with Crippen molar-refractivity contribution in [3.63, 3.8) is 0 Å². The average molecular weight is 300 g/mol. The van der Waals surface area contributed by atoms with Crippen LogP contribution in [0.15, 0.2) is 35.7 Å². The number of aromatic nitrogens is 4. The van der Waals surface area contributed by atoms with Gasteiger partial charge in [0.1, 0.15) is 5.69 Å². The highest BCUT2D eigenvalue weighted by Crippen LogP contribution is 2.19. The molecular formula is C15H16N4OS. The van der Waals surface area contributed by atoms with Crippen LogP contribution in [0.25, 0.3) is 5.13 Å². The Bertz CT molecular complexity index is 720. The Kier molecular flexibility index (Phi) is 4.08. The standard InChI is InChI=1S/C15H16N4OS/c1-11-10-21-15(16-11)19-14(13(9-20)17-18-19)8-7-12-5-3-2-4-6-12/h2-6,10,20H,7-9H2,1H3. The molecule has 0 spiro atoms. The van der Waals surface area contributed by atoms with Gasteiger partial charge in [-0.1, -0.05) is 35.5 Å². The fourth-order valence-electron chi connectivity index (χ4n) is 2.21. The van der Waals surface area contributed by atoms with E-state index in [2.05, 4.69) is 27.4 Å². The second-order valence-corrected chi connectivity index (χ2v) is 5.65. The van der Waals surface area contributed by atoms with Gasteiger partial charge in [-0.05, 0) is 25.3 Å². The van der Waals surface area contributed by atoms with E-state index in [-0.39, 0.29) is 6.61 Å². The van der Waals surface area contributed by atoms with Crippen molar-refractivity contribution >= 4 is 11.3 Å². The summed E-state index contributed by atoms with van der Waals surface area (Å²) in [5.74, 6) is 0. The van der Waals surface area contributed by atoms with Crippen LogP contribution >= 0.6 is 11.3 Å². The van der Waals surface area contributed by atoms with E-state index in [0.717, 1.165) is 29.4 Å². The first kappa shape index (κ1) is 13.9. The highest BCUT2D eigenvalue weighted by Gasteiger charge is 2.15. The maximum absolute atomic E-state index is 9.45. The lowest BCUT2D eigenvalue weighted by Gasteiger charge is -2.05. The lowest BCUT2D eigenvalue weighted by molar-refractivity contribution is 0.275. The molecule has 2 heterocycles. The van der Waals surface area contributed by atoms with Crippen molar-refractivity contribution in [3.05, 3.63) is 58.4 Å². The van der Waals surface area contributed by atoms with E-state index in [1.165, 1.54) is 16.9 Å². The van der Waals surface area contributed by atoms with Crippen molar-refractivity contribution in [2.24, 2.45) is 0 Å². The van der Waals surface area contributed by atoms with E-state index in [4.69, 9.17) is 0 Å². The summed E-state index contributed by atoms with van der Waals surface area (Å²) in [5, 5.41) is 20.4. The van der Waals surface area contributed by atoms with Crippen molar-refractivity contribution in [1.82, 2.24) is 20.0 Å². The predicted octanol–water partition coefficient (Wildman–Crippen LogP) is 2.31. The molecule has 0 bridgehead atoms. The highest BCUT2D eigenvalue weighted by atomic mass is 32.1. The maximum Gasteiger partial charge on any atom is 0.212 e. The van der Waals surface area contributed by atoms with Gasteiger partial charge in [0.2, 0.25) is 5.13 Å². The molecule has 0 unspecified atom stereocenters. The third kappa shape index (κ3) is 3.01. The Labute approximate surface area is 126 Å². The molecule has 21 heavy (non-hydrogen) atoms. The van der Waals surface area contributed by atoms with Crippen LogP contribution in [0.1, 0.15) is 22.6 Å². The molecule has 0 amide bonds. The first-order chi connectivity index (χ1) is 10.3. The monoisotopic (exact) mass is 300 g/mol. The molecule has 3 rings (SSSR count). The maximum atomic E-state index is 9.45. The van der Waals surface area contributed by atoms with Crippen molar-refractivity contribution in [1.29, 1.82) is 0 Å². The fourth-order valence-corrected chi connectivity index (χ4v) is 2.98. The molecule has 2 aromatic heterocycles. The number of aliphatic hydroxyl groups excluding tert-OH is 1. The second kappa shape index (κ2) is 6.15. The summed E-state index contributed by atoms with van der Waals surface area (Å²) in [4.78, 5) is 4.44. The molecule has 0 saturated carbocycles. The number of benzene rings is 1. The molecule has 0 aliphatic heterocycles. The van der Waals surface area contributed by atoms with Gasteiger partial charge in [0.05, 0.1) is 18.0 Å². The van der Waals surface area contributed by atoms with Gasteiger partial charge in [-0.25, -0.2) is 4.98 Å². The topological polar surface area (TPSA) is 63.8 Å². The number of thiazole rings is 1. The lowest BCUT2D eigenvalue weighted by atomic mass is 10.1. The number of hydrogen-bond donors (Lipinski definition) is 1. The number of nitrogens with zero attached hydrogens (tertiary/aromatic N) is 4. The minimum absolute atomic E-state index is 0.103. The average Bonchev–Trinajstić information content (AvgIpc) is 3.11. The minimum Gasteiger partial charge on any atom is -0.390 e. The normalized spacial score (nSPS) is 11.0. The lowest BCUT2D eigenvalue weighted by Crippen LogP contribution is -2.05. The number of aliphatic hydroxyl groups is 1. The van der Waals surface area contributed by atoms with Gasteiger partial charge in [0.15, 0.2) is 0 Å². The summed E-state index contributed by atoms with van der Waals surface area (Å²) in [6, 6.07) is 10.3. The van der Waals surface area contributed by atoms with E-state index in [1.54, 1.807) is 4.68 Å². The predicted molar refractivity (Wildman–Crippen MR) is 81.5 cm³/mol. The van der Waals surface area contributed by atoms with Crippen LogP contribution in [0, 0.1) is 6.92 Å². The van der Waals surface area contributed by atoms with E-state index < -0.39 is 0 Å². The Balaban J connectivity index is 1.87. The van der Waals surface area contributed by atoms with E-state index in [1.807, 2.05) is 30.5 Å². The van der Waals surface area contributed by atoms with Crippen LogP contribution in [0.3, 0.4) is 0 Å². The first-order valence-electron chi connectivity index (χ1n) is 6.78. The summed E-state index contributed by atoms with van der Waals surface area (Å²) < 4.78 is 1.74. The Morgan fingerprint density at radius 1 is 1.19 bits per heavy atom. The molecule has 0 atom stereocenters. The quantitative estimate of drug-likeness (QED) is 0.785. The largest absolute Gasteiger partial charge is 0.390 e. The van der Waals surface area contributed by atoms with Gasteiger partial charge >= 0.3 is 0 Å². The zero-order chi connectivity index (χ0) is 14.7. The van der Waals surface area contributed by atoms with Crippen molar-refractivity contribution in [3.8, 4) is 5.13 Å². The molecule has 1 aromatic carbocycles. The van der Waals surface area contributed by atoms with Crippen molar-refractivity contribution in [2.75, 3.05) is 0 Å². The smallest absolute Gasteiger partial charge is 0.212 e.